The van der Waals surface area contributed by atoms with Crippen LogP contribution in [0.2, 0.25) is 5.02 Å². The number of nitrogens with one attached hydrogen (secondary N) is 1. The summed E-state index contributed by atoms with van der Waals surface area (Å²) in [6.45, 7) is 1.43. The predicted octanol–water partition coefficient (Wildman–Crippen LogP) is 1.83. The first-order chi connectivity index (χ1) is 11.2. The third-order valence-electron chi connectivity index (χ3n) is 3.08. The lowest BCUT2D eigenvalue weighted by Gasteiger charge is -2.12. The number of halogens is 1. The van der Waals surface area contributed by atoms with Gasteiger partial charge in [0.25, 0.3) is 5.91 Å². The van der Waals surface area contributed by atoms with Gasteiger partial charge in [0.2, 0.25) is 0 Å². The van der Waals surface area contributed by atoms with Gasteiger partial charge in [0.15, 0.2) is 0 Å². The first-order valence-electron chi connectivity index (χ1n) is 7.36. The number of carbonyl (C=O) groups is 1. The molecule has 0 saturated carbocycles. The summed E-state index contributed by atoms with van der Waals surface area (Å²) in [4.78, 5) is 20.5. The van der Waals surface area contributed by atoms with Crippen molar-refractivity contribution in [2.75, 3.05) is 19.7 Å². The van der Waals surface area contributed by atoms with Crippen LogP contribution in [0, 0.1) is 0 Å². The molecule has 0 unspecified atom stereocenters. The Kier molecular flexibility index (Phi) is 6.77. The molecule has 3 N–H and O–H groups in total. The van der Waals surface area contributed by atoms with Gasteiger partial charge in [0.05, 0.1) is 17.9 Å². The fourth-order valence-electron chi connectivity index (χ4n) is 1.93. The Bertz CT molecular complexity index is 637. The molecule has 6 nitrogen and oxygen atoms in total. The molecule has 23 heavy (non-hydrogen) atoms. The zero-order valence-electron chi connectivity index (χ0n) is 12.7. The average molecular weight is 335 g/mol. The van der Waals surface area contributed by atoms with E-state index < -0.39 is 0 Å². The molecule has 0 atom stereocenters. The Hall–Kier alpha value is -2.18. The van der Waals surface area contributed by atoms with Gasteiger partial charge in [-0.15, -0.1) is 0 Å². The van der Waals surface area contributed by atoms with E-state index >= 15 is 0 Å². The summed E-state index contributed by atoms with van der Waals surface area (Å²) >= 11 is 5.97. The van der Waals surface area contributed by atoms with Gasteiger partial charge in [0.1, 0.15) is 5.75 Å². The van der Waals surface area contributed by atoms with Crippen molar-refractivity contribution in [3.8, 4) is 5.75 Å². The van der Waals surface area contributed by atoms with Crippen LogP contribution < -0.4 is 15.8 Å². The summed E-state index contributed by atoms with van der Waals surface area (Å²) in [5.41, 5.74) is 6.72. The third-order valence-corrected chi connectivity index (χ3v) is 3.31. The van der Waals surface area contributed by atoms with E-state index in [9.17, 15) is 4.79 Å². The molecule has 1 aromatic heterocycles. The number of rotatable bonds is 8. The van der Waals surface area contributed by atoms with E-state index in [1.165, 1.54) is 0 Å². The second kappa shape index (κ2) is 9.07. The minimum Gasteiger partial charge on any atom is -0.493 e. The minimum atomic E-state index is -0.215. The van der Waals surface area contributed by atoms with Gasteiger partial charge in [-0.05, 0) is 31.2 Å². The standard InChI is InChI=1S/C16H19ClN4O2/c17-12-2-3-14(15(10-12)23-9-1-5-18)16(22)21-6-4-13-11-19-7-8-20-13/h2-3,7-8,10-11H,1,4-6,9,18H2,(H,21,22). The molecular weight excluding hydrogens is 316 g/mol. The van der Waals surface area contributed by atoms with Crippen molar-refractivity contribution < 1.29 is 9.53 Å². The monoisotopic (exact) mass is 334 g/mol. The number of aromatic nitrogens is 2. The highest BCUT2D eigenvalue weighted by Gasteiger charge is 2.13. The molecule has 0 aliphatic carbocycles. The summed E-state index contributed by atoms with van der Waals surface area (Å²) in [5, 5.41) is 3.36. The summed E-state index contributed by atoms with van der Waals surface area (Å²) < 4.78 is 5.60. The van der Waals surface area contributed by atoms with Crippen LogP contribution in [0.25, 0.3) is 0 Å². The molecule has 0 fully saturated rings. The van der Waals surface area contributed by atoms with E-state index in [0.29, 0.717) is 48.9 Å². The number of nitrogens with zero attached hydrogens (tertiary/aromatic N) is 2. The summed E-state index contributed by atoms with van der Waals surface area (Å²) in [7, 11) is 0. The van der Waals surface area contributed by atoms with Gasteiger partial charge >= 0.3 is 0 Å². The van der Waals surface area contributed by atoms with Crippen LogP contribution in [0.1, 0.15) is 22.5 Å². The van der Waals surface area contributed by atoms with E-state index in [0.717, 1.165) is 5.69 Å². The number of nitrogens with two attached hydrogens (primary N) is 1. The van der Waals surface area contributed by atoms with Gasteiger partial charge in [0, 0.05) is 36.6 Å². The van der Waals surface area contributed by atoms with Crippen molar-refractivity contribution in [1.82, 2.24) is 15.3 Å². The van der Waals surface area contributed by atoms with Crippen LogP contribution in [-0.4, -0.2) is 35.6 Å². The second-order valence-electron chi connectivity index (χ2n) is 4.83. The lowest BCUT2D eigenvalue weighted by atomic mass is 10.2. The maximum absolute atomic E-state index is 12.3. The zero-order chi connectivity index (χ0) is 16.5. The molecule has 0 saturated heterocycles. The van der Waals surface area contributed by atoms with Crippen LogP contribution in [-0.2, 0) is 6.42 Å². The second-order valence-corrected chi connectivity index (χ2v) is 5.27. The fraction of sp³-hybridized carbons (Fsp3) is 0.312. The molecule has 7 heteroatoms. The smallest absolute Gasteiger partial charge is 0.255 e. The molecule has 2 rings (SSSR count). The minimum absolute atomic E-state index is 0.215. The summed E-state index contributed by atoms with van der Waals surface area (Å²) in [6, 6.07) is 4.95. The first kappa shape index (κ1) is 17.2. The van der Waals surface area contributed by atoms with Crippen LogP contribution in [0.15, 0.2) is 36.8 Å². The van der Waals surface area contributed by atoms with Crippen LogP contribution >= 0.6 is 11.6 Å². The molecule has 2 aromatic rings. The van der Waals surface area contributed by atoms with Gasteiger partial charge in [-0.25, -0.2) is 0 Å². The Morgan fingerprint density at radius 3 is 2.96 bits per heavy atom. The van der Waals surface area contributed by atoms with Crippen molar-refractivity contribution in [3.63, 3.8) is 0 Å². The molecular formula is C16H19ClN4O2. The third kappa shape index (κ3) is 5.50. The van der Waals surface area contributed by atoms with Gasteiger partial charge in [-0.2, -0.15) is 0 Å². The lowest BCUT2D eigenvalue weighted by molar-refractivity contribution is 0.0950. The number of hydrogen-bond donors (Lipinski definition) is 2. The van der Waals surface area contributed by atoms with Crippen molar-refractivity contribution in [1.29, 1.82) is 0 Å². The Balaban J connectivity index is 1.95. The molecule has 0 aliphatic heterocycles. The van der Waals surface area contributed by atoms with E-state index in [2.05, 4.69) is 15.3 Å². The van der Waals surface area contributed by atoms with Crippen LogP contribution in [0.5, 0.6) is 5.75 Å². The topological polar surface area (TPSA) is 90.1 Å². The number of benzene rings is 1. The number of carbonyl (C=O) groups excluding carboxylic acids is 1. The highest BCUT2D eigenvalue weighted by molar-refractivity contribution is 6.30. The van der Waals surface area contributed by atoms with Crippen molar-refractivity contribution >= 4 is 17.5 Å². The average Bonchev–Trinajstić information content (AvgIpc) is 2.56. The van der Waals surface area contributed by atoms with E-state index in [-0.39, 0.29) is 5.91 Å². The van der Waals surface area contributed by atoms with Gasteiger partial charge < -0.3 is 15.8 Å². The van der Waals surface area contributed by atoms with Crippen LogP contribution in [0.3, 0.4) is 0 Å². The number of ether oxygens (including phenoxy) is 1. The zero-order valence-corrected chi connectivity index (χ0v) is 13.4. The highest BCUT2D eigenvalue weighted by Crippen LogP contribution is 2.23. The summed E-state index contributed by atoms with van der Waals surface area (Å²) in [6.07, 6.45) is 6.23. The molecule has 1 amide bonds. The Morgan fingerprint density at radius 1 is 1.35 bits per heavy atom. The molecule has 0 spiro atoms. The molecule has 0 bridgehead atoms. The van der Waals surface area contributed by atoms with E-state index in [4.69, 9.17) is 22.1 Å². The lowest BCUT2D eigenvalue weighted by Crippen LogP contribution is -2.26. The number of amides is 1. The molecule has 0 radical (unpaired) electrons. The first-order valence-corrected chi connectivity index (χ1v) is 7.74. The summed E-state index contributed by atoms with van der Waals surface area (Å²) in [5.74, 6) is 0.247. The quantitative estimate of drug-likeness (QED) is 0.719. The van der Waals surface area contributed by atoms with Gasteiger partial charge in [-0.3, -0.25) is 14.8 Å². The van der Waals surface area contributed by atoms with Crippen molar-refractivity contribution in [3.05, 3.63) is 53.1 Å². The maximum atomic E-state index is 12.3. The Morgan fingerprint density at radius 2 is 2.22 bits per heavy atom. The molecule has 122 valence electrons. The predicted molar refractivity (Wildman–Crippen MR) is 88.7 cm³/mol. The molecule has 1 heterocycles. The van der Waals surface area contributed by atoms with E-state index in [1.54, 1.807) is 36.8 Å². The Labute approximate surface area is 140 Å². The van der Waals surface area contributed by atoms with Gasteiger partial charge in [-0.1, -0.05) is 11.6 Å². The SMILES string of the molecule is NCCCOc1cc(Cl)ccc1C(=O)NCCc1cnccn1. The highest BCUT2D eigenvalue weighted by atomic mass is 35.5. The van der Waals surface area contributed by atoms with E-state index in [1.807, 2.05) is 0 Å². The fourth-order valence-corrected chi connectivity index (χ4v) is 2.09. The molecule has 1 aromatic carbocycles. The maximum Gasteiger partial charge on any atom is 0.255 e. The largest absolute Gasteiger partial charge is 0.493 e. The van der Waals surface area contributed by atoms with Crippen LogP contribution in [0.4, 0.5) is 0 Å². The van der Waals surface area contributed by atoms with Crippen molar-refractivity contribution in [2.24, 2.45) is 5.73 Å². The van der Waals surface area contributed by atoms with Crippen molar-refractivity contribution in [2.45, 2.75) is 12.8 Å². The normalized spacial score (nSPS) is 10.3. The molecule has 0 aliphatic rings. The number of hydrogen-bond acceptors (Lipinski definition) is 5.